The number of para-hydroxylation sites is 1. The number of amides is 3. The molecule has 3 amide bonds. The van der Waals surface area contributed by atoms with E-state index in [2.05, 4.69) is 76.7 Å². The van der Waals surface area contributed by atoms with Crippen LogP contribution < -0.4 is 10.6 Å². The van der Waals surface area contributed by atoms with Crippen molar-refractivity contribution in [3.63, 3.8) is 0 Å². The number of rotatable bonds is 8. The van der Waals surface area contributed by atoms with Crippen molar-refractivity contribution in [3.05, 3.63) is 64.7 Å². The van der Waals surface area contributed by atoms with Crippen molar-refractivity contribution in [1.29, 1.82) is 5.26 Å². The monoisotopic (exact) mass is 681 g/mol. The minimum atomic E-state index is -0.643. The minimum Gasteiger partial charge on any atom is -0.342 e. The second-order valence-corrected chi connectivity index (χ2v) is 14.4. The number of piperidine rings is 2. The molecule has 0 radical (unpaired) electrons. The number of likely N-dealkylation sites (tertiary alicyclic amines) is 2. The lowest BCUT2D eigenvalue weighted by molar-refractivity contribution is -0.134. The number of guanidine groups is 1. The number of fused-ring (bicyclic) bond motifs is 1. The van der Waals surface area contributed by atoms with Crippen LogP contribution in [0.15, 0.2) is 47.5 Å². The summed E-state index contributed by atoms with van der Waals surface area (Å²) in [6.45, 7) is 12.1. The summed E-state index contributed by atoms with van der Waals surface area (Å²) in [6.07, 6.45) is 8.78. The Kier molecular flexibility index (Phi) is 11.9. The molecule has 1 atom stereocenters. The number of hydrogen-bond acceptors (Lipinski definition) is 6. The van der Waals surface area contributed by atoms with Gasteiger partial charge in [0.15, 0.2) is 6.19 Å². The number of anilines is 1. The summed E-state index contributed by atoms with van der Waals surface area (Å²) in [7, 11) is 2.18. The van der Waals surface area contributed by atoms with Gasteiger partial charge in [-0.1, -0.05) is 50.2 Å². The number of carbonyl (C=O) groups excluding carboxylic acids is 2. The van der Waals surface area contributed by atoms with Crippen molar-refractivity contribution in [2.24, 2.45) is 4.99 Å². The summed E-state index contributed by atoms with van der Waals surface area (Å²) >= 11 is 0. The Morgan fingerprint density at radius 3 is 2.28 bits per heavy atom. The molecule has 11 heteroatoms. The van der Waals surface area contributed by atoms with Crippen LogP contribution in [0, 0.1) is 11.5 Å². The lowest BCUT2D eigenvalue weighted by Crippen LogP contribution is -2.54. The van der Waals surface area contributed by atoms with Crippen LogP contribution in [0.1, 0.15) is 61.8 Å². The maximum absolute atomic E-state index is 14.4. The molecule has 4 aliphatic heterocycles. The lowest BCUT2D eigenvalue weighted by Gasteiger charge is -2.42. The van der Waals surface area contributed by atoms with Gasteiger partial charge in [0.1, 0.15) is 6.04 Å². The number of hydrogen-bond donors (Lipinski definition) is 2. The molecule has 3 saturated heterocycles. The average Bonchev–Trinajstić information content (AvgIpc) is 3.32. The van der Waals surface area contributed by atoms with Gasteiger partial charge in [0.25, 0.3) is 0 Å². The Hall–Kier alpha value is -4.14. The number of aliphatic imine (C=N–C) groups is 1. The summed E-state index contributed by atoms with van der Waals surface area (Å²) in [5.41, 5.74) is 5.79. The molecule has 0 saturated carbocycles. The summed E-state index contributed by atoms with van der Waals surface area (Å²) in [5.74, 6) is 0.484. The van der Waals surface area contributed by atoms with E-state index in [1.807, 2.05) is 28.0 Å². The van der Waals surface area contributed by atoms with Crippen molar-refractivity contribution in [2.75, 3.05) is 71.3 Å². The van der Waals surface area contributed by atoms with E-state index < -0.39 is 6.04 Å². The highest BCUT2D eigenvalue weighted by atomic mass is 16.2. The third kappa shape index (κ3) is 8.41. The normalized spacial score (nSPS) is 20.9. The number of piperazine rings is 1. The summed E-state index contributed by atoms with van der Waals surface area (Å²) in [4.78, 5) is 43.7. The number of nitrogens with one attached hydrogen (secondary N) is 2. The van der Waals surface area contributed by atoms with E-state index >= 15 is 0 Å². The largest absolute Gasteiger partial charge is 0.342 e. The third-order valence-corrected chi connectivity index (χ3v) is 11.4. The number of nitriles is 1. The third-order valence-electron chi connectivity index (χ3n) is 11.4. The van der Waals surface area contributed by atoms with Crippen molar-refractivity contribution in [1.82, 2.24) is 29.8 Å². The zero-order valence-electron chi connectivity index (χ0n) is 30.2. The topological polar surface area (TPSA) is 111 Å². The van der Waals surface area contributed by atoms with E-state index in [0.717, 1.165) is 101 Å². The first-order chi connectivity index (χ1) is 24.4. The summed E-state index contributed by atoms with van der Waals surface area (Å²) in [5, 5.41) is 15.8. The maximum Gasteiger partial charge on any atom is 0.322 e. The van der Waals surface area contributed by atoms with Gasteiger partial charge in [-0.05, 0) is 80.3 Å². The number of benzene rings is 2. The van der Waals surface area contributed by atoms with Gasteiger partial charge in [-0.25, -0.2) is 9.79 Å². The Labute approximate surface area is 298 Å². The van der Waals surface area contributed by atoms with Gasteiger partial charge in [-0.15, -0.1) is 0 Å². The number of nitrogens with zero attached hydrogens (tertiary/aromatic N) is 7. The lowest BCUT2D eigenvalue weighted by atomic mass is 9.96. The first kappa shape index (κ1) is 35.7. The zero-order chi connectivity index (χ0) is 35.0. The molecule has 0 bridgehead atoms. The van der Waals surface area contributed by atoms with E-state index in [0.29, 0.717) is 38.1 Å². The molecule has 2 aromatic carbocycles. The van der Waals surface area contributed by atoms with Crippen LogP contribution in [-0.4, -0.2) is 126 Å². The van der Waals surface area contributed by atoms with Gasteiger partial charge < -0.3 is 24.9 Å². The first-order valence-electron chi connectivity index (χ1n) is 18.8. The molecule has 50 heavy (non-hydrogen) atoms. The van der Waals surface area contributed by atoms with Crippen molar-refractivity contribution < 1.29 is 9.59 Å². The fourth-order valence-electron chi connectivity index (χ4n) is 8.26. The smallest absolute Gasteiger partial charge is 0.322 e. The minimum absolute atomic E-state index is 0.0346. The van der Waals surface area contributed by atoms with E-state index in [1.165, 1.54) is 11.1 Å². The highest BCUT2D eigenvalue weighted by Gasteiger charge is 2.34. The molecular weight excluding hydrogens is 626 g/mol. The second-order valence-electron chi connectivity index (χ2n) is 14.4. The van der Waals surface area contributed by atoms with Crippen LogP contribution >= 0.6 is 0 Å². The van der Waals surface area contributed by atoms with Gasteiger partial charge in [0.2, 0.25) is 11.9 Å². The fourth-order valence-corrected chi connectivity index (χ4v) is 8.26. The van der Waals surface area contributed by atoms with Gasteiger partial charge >= 0.3 is 6.03 Å². The molecule has 0 aromatic heterocycles. The Balaban J connectivity index is 1.16. The molecule has 11 nitrogen and oxygen atoms in total. The molecule has 268 valence electrons. The predicted octanol–water partition coefficient (Wildman–Crippen LogP) is 3.94. The molecule has 2 N–H and O–H groups in total. The Morgan fingerprint density at radius 1 is 0.900 bits per heavy atom. The first-order valence-corrected chi connectivity index (χ1v) is 18.8. The maximum atomic E-state index is 14.4. The molecule has 4 heterocycles. The van der Waals surface area contributed by atoms with Crippen LogP contribution in [0.25, 0.3) is 0 Å². The molecule has 0 spiro atoms. The highest BCUT2D eigenvalue weighted by Crippen LogP contribution is 2.26. The SMILES string of the molecule is CCc1ccc(CC(N=C(NC#N)N2CCC(N3CCc4ccccc4NC3=O)CC2)C(=O)N2CCC(N3CCN(C)CC3)CC2)cc1CC. The van der Waals surface area contributed by atoms with Gasteiger partial charge in [-0.2, -0.15) is 5.26 Å². The van der Waals surface area contributed by atoms with Crippen LogP contribution in [0.4, 0.5) is 10.5 Å². The number of aryl methyl sites for hydroxylation is 2. The molecule has 4 aliphatic rings. The highest BCUT2D eigenvalue weighted by molar-refractivity contribution is 5.91. The molecule has 1 unspecified atom stereocenters. The summed E-state index contributed by atoms with van der Waals surface area (Å²) in [6, 6.07) is 14.5. The van der Waals surface area contributed by atoms with E-state index in [1.54, 1.807) is 0 Å². The van der Waals surface area contributed by atoms with Crippen LogP contribution in [0.2, 0.25) is 0 Å². The van der Waals surface area contributed by atoms with Crippen molar-refractivity contribution >= 4 is 23.6 Å². The molecule has 6 rings (SSSR count). The Morgan fingerprint density at radius 2 is 1.58 bits per heavy atom. The molecular formula is C39H55N9O2. The van der Waals surface area contributed by atoms with Gasteiger partial charge in [-0.3, -0.25) is 15.0 Å². The fraction of sp³-hybridized carbons (Fsp3) is 0.590. The second kappa shape index (κ2) is 16.7. The molecule has 2 aromatic rings. The quantitative estimate of drug-likeness (QED) is 0.188. The standard InChI is InChI=1S/C39H55N9O2/c1-4-30-11-10-29(26-31(30)5-2)27-36(37(49)46-17-13-33(14-18-46)45-24-22-44(3)23-25-45)42-38(41-28-40)47-19-15-34(16-20-47)48-21-12-32-8-6-7-9-35(32)43-39(48)50/h6-11,26,33-34,36H,4-5,12-25,27H2,1-3H3,(H,41,42)(H,43,50). The van der Waals surface area contributed by atoms with Gasteiger partial charge in [0, 0.05) is 83.1 Å². The van der Waals surface area contributed by atoms with E-state index in [-0.39, 0.29) is 18.0 Å². The predicted molar refractivity (Wildman–Crippen MR) is 198 cm³/mol. The van der Waals surface area contributed by atoms with E-state index in [9.17, 15) is 14.9 Å². The number of carbonyl (C=O) groups is 2. The zero-order valence-corrected chi connectivity index (χ0v) is 30.2. The van der Waals surface area contributed by atoms with Gasteiger partial charge in [0.05, 0.1) is 0 Å². The van der Waals surface area contributed by atoms with Crippen LogP contribution in [-0.2, 0) is 30.5 Å². The summed E-state index contributed by atoms with van der Waals surface area (Å²) < 4.78 is 0. The number of likely N-dealkylation sites (N-methyl/N-ethyl adjacent to an activating group) is 1. The molecule has 0 aliphatic carbocycles. The van der Waals surface area contributed by atoms with Crippen molar-refractivity contribution in [2.45, 2.75) is 83.3 Å². The van der Waals surface area contributed by atoms with Crippen LogP contribution in [0.5, 0.6) is 0 Å². The number of urea groups is 1. The molecule has 3 fully saturated rings. The van der Waals surface area contributed by atoms with Crippen molar-refractivity contribution in [3.8, 4) is 6.19 Å². The van der Waals surface area contributed by atoms with E-state index in [4.69, 9.17) is 4.99 Å². The van der Waals surface area contributed by atoms with Crippen LogP contribution in [0.3, 0.4) is 0 Å². The Bertz CT molecular complexity index is 1550. The average molecular weight is 682 g/mol.